The maximum Gasteiger partial charge on any atom is 0.295 e. The molecule has 2 aliphatic heterocycles. The van der Waals surface area contributed by atoms with Crippen molar-refractivity contribution >= 4 is 86.7 Å². The second-order valence-electron chi connectivity index (χ2n) is 19.5. The van der Waals surface area contributed by atoms with Gasteiger partial charge in [-0.3, -0.25) is 19.0 Å². The molecular weight excluding hydrogens is 1060 g/mol. The normalized spacial score (nSPS) is 19.3. The summed E-state index contributed by atoms with van der Waals surface area (Å²) >= 11 is 0. The minimum Gasteiger partial charge on any atom is -0.457 e. The Labute approximate surface area is 467 Å². The molecule has 18 heteroatoms. The van der Waals surface area contributed by atoms with Crippen LogP contribution in [0.4, 0.5) is 5.69 Å². The molecule has 1 aliphatic carbocycles. The molecule has 406 valence electrons. The predicted octanol–water partition coefficient (Wildman–Crippen LogP) is 11.8. The highest BCUT2D eigenvalue weighted by molar-refractivity contribution is 7.89. The molecule has 81 heavy (non-hydrogen) atoms. The molecule has 3 aliphatic rings. The number of benzene rings is 9. The minimum atomic E-state index is -4.88. The number of nitrogens with zero attached hydrogens (tertiary/aromatic N) is 3. The zero-order valence-electron chi connectivity index (χ0n) is 43.3. The van der Waals surface area contributed by atoms with Gasteiger partial charge in [-0.2, -0.15) is 21.8 Å². The summed E-state index contributed by atoms with van der Waals surface area (Å²) in [4.78, 5) is 10.6. The summed E-state index contributed by atoms with van der Waals surface area (Å²) < 4.78 is 99.4. The summed E-state index contributed by atoms with van der Waals surface area (Å²) in [6.45, 7) is 0. The summed E-state index contributed by atoms with van der Waals surface area (Å²) in [5.41, 5.74) is 0.689. The molecule has 12 rings (SSSR count). The monoisotopic (exact) mass is 1120 g/mol. The van der Waals surface area contributed by atoms with Crippen LogP contribution in [0.1, 0.15) is 18.4 Å². The van der Waals surface area contributed by atoms with E-state index in [0.717, 1.165) is 43.1 Å². The van der Waals surface area contributed by atoms with E-state index in [1.807, 2.05) is 177 Å². The summed E-state index contributed by atoms with van der Waals surface area (Å²) in [6, 6.07) is 59.0. The van der Waals surface area contributed by atoms with Crippen molar-refractivity contribution in [1.29, 1.82) is 0 Å². The first-order valence-corrected chi connectivity index (χ1v) is 28.8. The number of hydrogen-bond acceptors (Lipinski definition) is 14. The number of fused-ring (bicyclic) bond motifs is 4. The van der Waals surface area contributed by atoms with E-state index in [2.05, 4.69) is 16.0 Å². The van der Waals surface area contributed by atoms with Crippen LogP contribution < -0.4 is 34.9 Å². The number of nitrogens with one attached hydrogen (secondary N) is 3. The van der Waals surface area contributed by atoms with Crippen molar-refractivity contribution in [2.24, 2.45) is 9.98 Å². The Morgan fingerprint density at radius 1 is 0.593 bits per heavy atom. The summed E-state index contributed by atoms with van der Waals surface area (Å²) in [7, 11) is -7.90. The molecule has 2 heterocycles. The van der Waals surface area contributed by atoms with Crippen molar-refractivity contribution in [3.05, 3.63) is 234 Å². The van der Waals surface area contributed by atoms with Gasteiger partial charge in [-0.1, -0.05) is 146 Å². The molecule has 5 N–H and O–H groups in total. The van der Waals surface area contributed by atoms with Crippen LogP contribution in [-0.2, 0) is 20.2 Å². The van der Waals surface area contributed by atoms with E-state index in [1.54, 1.807) is 23.1 Å². The molecule has 0 spiro atoms. The molecule has 0 fully saturated rings. The Morgan fingerprint density at radius 2 is 1.12 bits per heavy atom. The molecule has 0 aromatic heterocycles. The van der Waals surface area contributed by atoms with Crippen molar-refractivity contribution in [2.45, 2.75) is 42.8 Å². The highest BCUT2D eigenvalue weighted by atomic mass is 32.2. The first-order chi connectivity index (χ1) is 39.2. The maximum atomic E-state index is 13.1. The largest absolute Gasteiger partial charge is 0.457 e. The van der Waals surface area contributed by atoms with Crippen molar-refractivity contribution in [3.8, 4) is 23.0 Å². The quantitative estimate of drug-likeness (QED) is 0.0642. The molecule has 9 aromatic carbocycles. The van der Waals surface area contributed by atoms with E-state index in [1.165, 1.54) is 30.4 Å². The van der Waals surface area contributed by atoms with Gasteiger partial charge in [-0.15, -0.1) is 0 Å². The standard InChI is InChI=1S/C63H52N6O10S2/c1-69-61(77-53-29-23-41-11-3-7-15-47(41)33-53)39-59(67-63(69)79-55-31-25-43-13-5-9-17-49(43)35-55)65-51-27-21-45(57(37-51)81(73,74)75)19-18-44-20-26-50(36-56(44)80(70,71)72)64-58-38-60(76-52-28-22-40-10-2-6-14-46(40)32-52)68-62(66-58)78-54-30-24-42-12-4-8-16-48(42)34-54/h2-35,37,39,58-59,62-63,65-67H,36,38H2,1H3,(H,70,71,72)(H,73,74,75)/b19-18-,64-50?. The van der Waals surface area contributed by atoms with Crippen LogP contribution in [0, 0.1) is 0 Å². The van der Waals surface area contributed by atoms with E-state index in [4.69, 9.17) is 28.9 Å². The number of ether oxygens (including phenoxy) is 4. The van der Waals surface area contributed by atoms with Gasteiger partial charge in [0.1, 0.15) is 40.2 Å². The first kappa shape index (κ1) is 52.6. The third-order valence-electron chi connectivity index (χ3n) is 13.9. The van der Waals surface area contributed by atoms with Crippen LogP contribution in [0.15, 0.2) is 244 Å². The Balaban J connectivity index is 0.794. The first-order valence-electron chi connectivity index (χ1n) is 25.9. The van der Waals surface area contributed by atoms with Crippen LogP contribution >= 0.6 is 0 Å². The van der Waals surface area contributed by atoms with Crippen LogP contribution in [0.3, 0.4) is 0 Å². The smallest absolute Gasteiger partial charge is 0.295 e. The second kappa shape index (κ2) is 22.2. The van der Waals surface area contributed by atoms with Gasteiger partial charge < -0.3 is 24.3 Å². The van der Waals surface area contributed by atoms with E-state index < -0.39 is 50.2 Å². The SMILES string of the molecule is CN1C(Oc2ccc3ccccc3c2)=CC(Nc2ccc(/C=C\C3=C(S(=O)(=O)O)CC(=NC4CC(Oc5ccc6ccccc6c5)=NC(Oc5ccc6ccccc6c5)N4)C=C3)c(S(=O)(=O)O)c2)NC1Oc1ccc2ccccc2c1. The van der Waals surface area contributed by atoms with Crippen LogP contribution in [-0.4, -0.2) is 74.5 Å². The third-order valence-corrected chi connectivity index (χ3v) is 15.9. The molecule has 0 saturated heterocycles. The number of anilines is 1. The number of allylic oxidation sites excluding steroid dienone is 5. The number of aliphatic imine (C=N–C) groups is 2. The molecule has 4 unspecified atom stereocenters. The molecule has 0 saturated carbocycles. The van der Waals surface area contributed by atoms with Gasteiger partial charge in [0.15, 0.2) is 11.8 Å². The predicted molar refractivity (Wildman–Crippen MR) is 316 cm³/mol. The molecule has 9 aromatic rings. The fourth-order valence-corrected chi connectivity index (χ4v) is 11.4. The van der Waals surface area contributed by atoms with Gasteiger partial charge in [0.25, 0.3) is 26.6 Å². The van der Waals surface area contributed by atoms with Crippen LogP contribution in [0.5, 0.6) is 23.0 Å². The Hall–Kier alpha value is -9.14. The zero-order chi connectivity index (χ0) is 55.7. The summed E-state index contributed by atoms with van der Waals surface area (Å²) in [5.74, 6) is 3.01. The van der Waals surface area contributed by atoms with Crippen molar-refractivity contribution in [2.75, 3.05) is 12.4 Å². The van der Waals surface area contributed by atoms with E-state index in [9.17, 15) is 25.9 Å². The fraction of sp³-hybridized carbons (Fsp3) is 0.111. The van der Waals surface area contributed by atoms with Crippen molar-refractivity contribution < 1.29 is 44.9 Å². The molecule has 0 amide bonds. The topological polar surface area (TPSA) is 210 Å². The number of rotatable bonds is 14. The van der Waals surface area contributed by atoms with Crippen molar-refractivity contribution in [1.82, 2.24) is 15.5 Å². The maximum absolute atomic E-state index is 13.1. The van der Waals surface area contributed by atoms with Gasteiger partial charge in [0, 0.05) is 30.9 Å². The molecule has 4 atom stereocenters. The molecular formula is C63H52N6O10S2. The zero-order valence-corrected chi connectivity index (χ0v) is 45.0. The number of hydrogen-bond donors (Lipinski definition) is 5. The molecule has 16 nitrogen and oxygen atoms in total. The minimum absolute atomic E-state index is 0.0323. The van der Waals surface area contributed by atoms with Gasteiger partial charge in [0.2, 0.25) is 6.35 Å². The lowest BCUT2D eigenvalue weighted by Crippen LogP contribution is -2.57. The Morgan fingerprint density at radius 3 is 1.69 bits per heavy atom. The lowest BCUT2D eigenvalue weighted by atomic mass is 10.0. The highest BCUT2D eigenvalue weighted by Gasteiger charge is 2.31. The Kier molecular flexibility index (Phi) is 14.4. The van der Waals surface area contributed by atoms with Gasteiger partial charge in [-0.25, -0.2) is 10.6 Å². The van der Waals surface area contributed by atoms with E-state index >= 15 is 0 Å². The molecule has 0 bridgehead atoms. The average molecular weight is 1120 g/mol. The summed E-state index contributed by atoms with van der Waals surface area (Å²) in [6.07, 6.45) is 4.21. The lowest BCUT2D eigenvalue weighted by molar-refractivity contribution is -0.000868. The van der Waals surface area contributed by atoms with E-state index in [-0.39, 0.29) is 28.9 Å². The van der Waals surface area contributed by atoms with Crippen molar-refractivity contribution in [3.63, 3.8) is 0 Å². The lowest BCUT2D eigenvalue weighted by Gasteiger charge is -2.38. The fourth-order valence-electron chi connectivity index (χ4n) is 9.90. The second-order valence-corrected chi connectivity index (χ2v) is 22.4. The van der Waals surface area contributed by atoms with Gasteiger partial charge >= 0.3 is 0 Å². The van der Waals surface area contributed by atoms with Gasteiger partial charge in [-0.05, 0) is 121 Å². The van der Waals surface area contributed by atoms with Crippen LogP contribution in [0.2, 0.25) is 0 Å². The van der Waals surface area contributed by atoms with E-state index in [0.29, 0.717) is 46.2 Å². The van der Waals surface area contributed by atoms with Crippen LogP contribution in [0.25, 0.3) is 49.2 Å². The van der Waals surface area contributed by atoms with Gasteiger partial charge in [0.05, 0.1) is 11.3 Å². The third kappa shape index (κ3) is 12.2. The Bertz CT molecular complexity index is 4370. The average Bonchev–Trinajstić information content (AvgIpc) is 3.56. The highest BCUT2D eigenvalue weighted by Crippen LogP contribution is 2.32. The molecule has 0 radical (unpaired) electrons. The summed E-state index contributed by atoms with van der Waals surface area (Å²) in [5, 5.41) is 18.1.